The lowest BCUT2D eigenvalue weighted by Gasteiger charge is -2.42. The van der Waals surface area contributed by atoms with Gasteiger partial charge < -0.3 is 24.0 Å². The van der Waals surface area contributed by atoms with E-state index >= 15 is 0 Å². The van der Waals surface area contributed by atoms with Crippen LogP contribution in [-0.4, -0.2) is 90.8 Å². The fourth-order valence-corrected chi connectivity index (χ4v) is 5.20. The van der Waals surface area contributed by atoms with Crippen LogP contribution in [-0.2, 0) is 30.3 Å². The molecule has 4 heterocycles. The largest absolute Gasteiger partial charge is 0.444 e. The van der Waals surface area contributed by atoms with Crippen LogP contribution in [0.3, 0.4) is 0 Å². The van der Waals surface area contributed by atoms with E-state index in [0.717, 1.165) is 5.57 Å². The molecule has 1 atom stereocenters. The fraction of sp³-hybridized carbons (Fsp3) is 0.577. The molecule has 1 unspecified atom stereocenters. The molecule has 11 heteroatoms. The number of pyridine rings is 1. The van der Waals surface area contributed by atoms with E-state index in [1.807, 2.05) is 26.8 Å². The zero-order chi connectivity index (χ0) is 27.0. The van der Waals surface area contributed by atoms with Crippen molar-refractivity contribution in [1.82, 2.24) is 20.1 Å². The highest BCUT2D eigenvalue weighted by atomic mass is 16.6. The zero-order valence-corrected chi connectivity index (χ0v) is 22.0. The van der Waals surface area contributed by atoms with Crippen molar-refractivity contribution in [3.05, 3.63) is 35.2 Å². The predicted molar refractivity (Wildman–Crippen MR) is 132 cm³/mol. The van der Waals surface area contributed by atoms with Crippen LogP contribution in [0.5, 0.6) is 0 Å². The number of nitrogens with zero attached hydrogens (tertiary/aromatic N) is 3. The Bertz CT molecular complexity index is 1130. The van der Waals surface area contributed by atoms with Gasteiger partial charge in [0, 0.05) is 33.7 Å². The first-order valence-corrected chi connectivity index (χ1v) is 12.3. The van der Waals surface area contributed by atoms with Gasteiger partial charge in [0.15, 0.2) is 0 Å². The van der Waals surface area contributed by atoms with E-state index in [0.29, 0.717) is 30.0 Å². The fourth-order valence-electron chi connectivity index (χ4n) is 5.20. The number of hydrogen-bond acceptors (Lipinski definition) is 8. The maximum atomic E-state index is 13.1. The van der Waals surface area contributed by atoms with Crippen LogP contribution in [0.15, 0.2) is 18.2 Å². The highest BCUT2D eigenvalue weighted by Gasteiger charge is 2.44. The summed E-state index contributed by atoms with van der Waals surface area (Å²) in [5, 5.41) is 2.31. The highest BCUT2D eigenvalue weighted by molar-refractivity contribution is 6.05. The quantitative estimate of drug-likeness (QED) is 0.569. The molecule has 1 fully saturated rings. The maximum Gasteiger partial charge on any atom is 0.410 e. The Hall–Kier alpha value is -3.31. The van der Waals surface area contributed by atoms with Gasteiger partial charge in [0.05, 0.1) is 42.1 Å². The summed E-state index contributed by atoms with van der Waals surface area (Å²) in [6.07, 6.45) is 1.97. The summed E-state index contributed by atoms with van der Waals surface area (Å²) in [7, 11) is 3.18. The molecular formula is C26H34N4O7. The Morgan fingerprint density at radius 3 is 2.49 bits per heavy atom. The molecule has 4 rings (SSSR count). The number of fused-ring (bicyclic) bond motifs is 1. The second-order valence-electron chi connectivity index (χ2n) is 10.7. The van der Waals surface area contributed by atoms with E-state index in [1.54, 1.807) is 31.3 Å². The molecule has 1 saturated heterocycles. The number of hydrogen-bond donors (Lipinski definition) is 1. The van der Waals surface area contributed by atoms with Crippen molar-refractivity contribution in [2.24, 2.45) is 5.41 Å². The Morgan fingerprint density at radius 2 is 1.86 bits per heavy atom. The van der Waals surface area contributed by atoms with Gasteiger partial charge in [-0.1, -0.05) is 6.08 Å². The van der Waals surface area contributed by atoms with Crippen molar-refractivity contribution in [3.63, 3.8) is 0 Å². The number of imide groups is 1. The maximum absolute atomic E-state index is 13.1. The first-order valence-electron chi connectivity index (χ1n) is 12.3. The molecule has 1 N–H and O–H groups in total. The molecule has 37 heavy (non-hydrogen) atoms. The molecule has 3 aliphatic heterocycles. The number of ether oxygens (including phenoxy) is 3. The van der Waals surface area contributed by atoms with Crippen LogP contribution in [0.2, 0.25) is 0 Å². The van der Waals surface area contributed by atoms with E-state index in [9.17, 15) is 19.2 Å². The predicted octanol–water partition coefficient (Wildman–Crippen LogP) is 1.76. The van der Waals surface area contributed by atoms with Crippen LogP contribution < -0.4 is 5.32 Å². The van der Waals surface area contributed by atoms with Gasteiger partial charge in [0.2, 0.25) is 11.8 Å². The second-order valence-corrected chi connectivity index (χ2v) is 10.7. The Morgan fingerprint density at radius 1 is 1.16 bits per heavy atom. The lowest BCUT2D eigenvalue weighted by atomic mass is 9.76. The number of aromatic nitrogens is 1. The second kappa shape index (κ2) is 10.2. The molecule has 0 bridgehead atoms. The average molecular weight is 515 g/mol. The Balaban J connectivity index is 1.64. The third-order valence-electron chi connectivity index (χ3n) is 6.72. The highest BCUT2D eigenvalue weighted by Crippen LogP contribution is 2.40. The van der Waals surface area contributed by atoms with Gasteiger partial charge in [-0.25, -0.2) is 4.79 Å². The van der Waals surface area contributed by atoms with Gasteiger partial charge in [-0.2, -0.15) is 0 Å². The van der Waals surface area contributed by atoms with Gasteiger partial charge in [-0.15, -0.1) is 0 Å². The first-order chi connectivity index (χ1) is 17.5. The van der Waals surface area contributed by atoms with E-state index in [1.165, 1.54) is 4.90 Å². The van der Waals surface area contributed by atoms with Gasteiger partial charge >= 0.3 is 6.09 Å². The van der Waals surface area contributed by atoms with Crippen LogP contribution in [0.25, 0.3) is 5.57 Å². The molecule has 3 aliphatic rings. The van der Waals surface area contributed by atoms with Crippen LogP contribution >= 0.6 is 0 Å². The minimum Gasteiger partial charge on any atom is -0.444 e. The van der Waals surface area contributed by atoms with E-state index in [4.69, 9.17) is 19.2 Å². The Kier molecular flexibility index (Phi) is 7.38. The lowest BCUT2D eigenvalue weighted by molar-refractivity contribution is -0.136. The number of nitrogens with one attached hydrogen (secondary N) is 1. The number of carbonyl (C=O) groups excluding carboxylic acids is 4. The summed E-state index contributed by atoms with van der Waals surface area (Å²) in [5.41, 5.74) is 1.15. The molecular weight excluding hydrogens is 480 g/mol. The van der Waals surface area contributed by atoms with Crippen molar-refractivity contribution < 1.29 is 33.4 Å². The topological polar surface area (TPSA) is 127 Å². The minimum atomic E-state index is -0.716. The van der Waals surface area contributed by atoms with Crippen LogP contribution in [0.1, 0.15) is 55.4 Å². The lowest BCUT2D eigenvalue weighted by Crippen LogP contribution is -2.52. The monoisotopic (exact) mass is 514 g/mol. The number of piperidine rings is 1. The number of carbonyl (C=O) groups is 4. The number of amides is 4. The minimum absolute atomic E-state index is 0.174. The molecule has 0 spiro atoms. The standard InChI is InChI=1S/C26H34N4O7/c1-25(2,3)37-24(34)29-11-10-17(26(13-29,14-35-4)15-36-5)18-7-6-16-19(27-18)12-30(23(16)33)20-8-9-21(31)28-22(20)32/h6-7,10,20H,8-9,11-15H2,1-5H3,(H,28,31,32). The summed E-state index contributed by atoms with van der Waals surface area (Å²) in [6.45, 7) is 6.80. The van der Waals surface area contributed by atoms with E-state index in [-0.39, 0.29) is 44.4 Å². The summed E-state index contributed by atoms with van der Waals surface area (Å²) in [5.74, 6) is -1.07. The van der Waals surface area contributed by atoms with E-state index < -0.39 is 29.1 Å². The SMILES string of the molecule is COCC1(COC)CN(C(=O)OC(C)(C)C)CC=C1c1ccc2c(n1)CN(C1CCC(=O)NC1=O)C2=O. The van der Waals surface area contributed by atoms with Gasteiger partial charge in [-0.05, 0) is 44.9 Å². The van der Waals surface area contributed by atoms with E-state index in [2.05, 4.69) is 5.32 Å². The summed E-state index contributed by atoms with van der Waals surface area (Å²) < 4.78 is 16.8. The molecule has 11 nitrogen and oxygen atoms in total. The summed E-state index contributed by atoms with van der Waals surface area (Å²) in [6, 6.07) is 2.79. The van der Waals surface area contributed by atoms with Gasteiger partial charge in [0.25, 0.3) is 5.91 Å². The molecule has 200 valence electrons. The van der Waals surface area contributed by atoms with Crippen molar-refractivity contribution >= 4 is 29.4 Å². The molecule has 0 aromatic carbocycles. The number of rotatable bonds is 6. The van der Waals surface area contributed by atoms with Crippen molar-refractivity contribution in [2.75, 3.05) is 40.5 Å². The van der Waals surface area contributed by atoms with Gasteiger partial charge in [-0.3, -0.25) is 24.7 Å². The Labute approximate surface area is 216 Å². The van der Waals surface area contributed by atoms with Crippen LogP contribution in [0.4, 0.5) is 4.79 Å². The molecule has 1 aromatic rings. The smallest absolute Gasteiger partial charge is 0.410 e. The molecule has 0 radical (unpaired) electrons. The molecule has 4 amide bonds. The van der Waals surface area contributed by atoms with Crippen LogP contribution in [0, 0.1) is 5.41 Å². The third kappa shape index (κ3) is 5.37. The van der Waals surface area contributed by atoms with Crippen molar-refractivity contribution in [2.45, 2.75) is 51.8 Å². The van der Waals surface area contributed by atoms with Gasteiger partial charge in [0.1, 0.15) is 11.6 Å². The molecule has 0 aliphatic carbocycles. The summed E-state index contributed by atoms with van der Waals surface area (Å²) >= 11 is 0. The normalized spacial score (nSPS) is 21.5. The molecule has 0 saturated carbocycles. The van der Waals surface area contributed by atoms with Crippen molar-refractivity contribution in [1.29, 1.82) is 0 Å². The first kappa shape index (κ1) is 26.7. The summed E-state index contributed by atoms with van der Waals surface area (Å²) in [4.78, 5) is 57.8. The van der Waals surface area contributed by atoms with Crippen molar-refractivity contribution in [3.8, 4) is 0 Å². The third-order valence-corrected chi connectivity index (χ3v) is 6.72. The average Bonchev–Trinajstić information content (AvgIpc) is 3.13. The number of methoxy groups -OCH3 is 2. The molecule has 1 aromatic heterocycles. The zero-order valence-electron chi connectivity index (χ0n) is 22.0.